The molecule has 3 atom stereocenters. The van der Waals surface area contributed by atoms with Crippen LogP contribution in [0.3, 0.4) is 0 Å². The van der Waals surface area contributed by atoms with Crippen molar-refractivity contribution in [3.63, 3.8) is 0 Å². The summed E-state index contributed by atoms with van der Waals surface area (Å²) in [4.78, 5) is 9.81. The normalized spacial score (nSPS) is 33.7. The summed E-state index contributed by atoms with van der Waals surface area (Å²) in [6.07, 6.45) is 5.12. The van der Waals surface area contributed by atoms with E-state index in [2.05, 4.69) is 0 Å². The lowest BCUT2D eigenvalue weighted by atomic mass is 10.2. The second kappa shape index (κ2) is 4.94. The molecule has 0 aliphatic heterocycles. The van der Waals surface area contributed by atoms with Gasteiger partial charge in [-0.2, -0.15) is 0 Å². The minimum absolute atomic E-state index is 0.142. The van der Waals surface area contributed by atoms with Gasteiger partial charge in [-0.25, -0.2) is 0 Å². The average Bonchev–Trinajstić information content (AvgIpc) is 2.65. The van der Waals surface area contributed by atoms with Crippen LogP contribution in [0.4, 0.5) is 0 Å². The van der Waals surface area contributed by atoms with Crippen molar-refractivity contribution in [2.24, 2.45) is 11.7 Å². The molecule has 4 nitrogen and oxygen atoms in total. The number of rotatable bonds is 3. The van der Waals surface area contributed by atoms with Gasteiger partial charge in [0.25, 0.3) is 0 Å². The van der Waals surface area contributed by atoms with Gasteiger partial charge in [-0.05, 0) is 31.6 Å². The molecule has 2 aliphatic rings. The smallest absolute Gasteiger partial charge is 0.305 e. The van der Waals surface area contributed by atoms with E-state index in [1.165, 1.54) is 25.7 Å². The topological polar surface area (TPSA) is 83.5 Å². The fourth-order valence-electron chi connectivity index (χ4n) is 2.12. The van der Waals surface area contributed by atoms with E-state index in [-0.39, 0.29) is 6.42 Å². The molecule has 88 valence electrons. The maximum atomic E-state index is 9.81. The summed E-state index contributed by atoms with van der Waals surface area (Å²) in [5.74, 6) is -0.00755. The van der Waals surface area contributed by atoms with E-state index >= 15 is 0 Å². The third kappa shape index (κ3) is 3.80. The summed E-state index contributed by atoms with van der Waals surface area (Å²) in [7, 11) is 0. The predicted octanol–water partition coefficient (Wildman–Crippen LogP) is 1.12. The van der Waals surface area contributed by atoms with E-state index in [4.69, 9.17) is 15.9 Å². The Hall–Kier alpha value is -0.610. The van der Waals surface area contributed by atoms with Gasteiger partial charge >= 0.3 is 5.97 Å². The summed E-state index contributed by atoms with van der Waals surface area (Å²) in [5, 5.41) is 16.7. The van der Waals surface area contributed by atoms with Gasteiger partial charge in [0.15, 0.2) is 0 Å². The van der Waals surface area contributed by atoms with Crippen molar-refractivity contribution in [2.45, 2.75) is 57.1 Å². The molecule has 2 saturated carbocycles. The maximum Gasteiger partial charge on any atom is 0.305 e. The monoisotopic (exact) mass is 215 g/mol. The average molecular weight is 215 g/mol. The first-order chi connectivity index (χ1) is 6.98. The van der Waals surface area contributed by atoms with Gasteiger partial charge in [0.1, 0.15) is 0 Å². The van der Waals surface area contributed by atoms with Gasteiger partial charge in [-0.15, -0.1) is 0 Å². The molecule has 0 aromatic heterocycles. The van der Waals surface area contributed by atoms with Crippen molar-refractivity contribution in [1.82, 2.24) is 0 Å². The first-order valence-electron chi connectivity index (χ1n) is 5.66. The molecule has 0 aromatic carbocycles. The van der Waals surface area contributed by atoms with Crippen LogP contribution in [0, 0.1) is 5.92 Å². The quantitative estimate of drug-likeness (QED) is 0.658. The van der Waals surface area contributed by atoms with Crippen molar-refractivity contribution in [2.75, 3.05) is 0 Å². The Labute approximate surface area is 90.5 Å². The Balaban J connectivity index is 0.000000150. The number of nitrogens with two attached hydrogens (primary N) is 1. The Morgan fingerprint density at radius 2 is 2.33 bits per heavy atom. The third-order valence-electron chi connectivity index (χ3n) is 3.36. The third-order valence-corrected chi connectivity index (χ3v) is 3.36. The van der Waals surface area contributed by atoms with Crippen LogP contribution in [-0.2, 0) is 4.79 Å². The highest BCUT2D eigenvalue weighted by Gasteiger charge is 2.53. The molecule has 0 bridgehead atoms. The molecule has 0 radical (unpaired) electrons. The Morgan fingerprint density at radius 3 is 2.47 bits per heavy atom. The highest BCUT2D eigenvalue weighted by atomic mass is 16.4. The molecule has 0 spiro atoms. The maximum absolute atomic E-state index is 9.81. The number of carbonyl (C=O) groups is 1. The van der Waals surface area contributed by atoms with Crippen LogP contribution >= 0.6 is 0 Å². The molecular formula is C11H21NO3. The number of hydrogen-bond acceptors (Lipinski definition) is 3. The largest absolute Gasteiger partial charge is 0.481 e. The number of fused-ring (bicyclic) bond motifs is 1. The highest BCUT2D eigenvalue weighted by Crippen LogP contribution is 2.53. The van der Waals surface area contributed by atoms with Crippen molar-refractivity contribution >= 4 is 5.97 Å². The standard InChI is InChI=1S/C6H11N.C5H10O3/c7-6-3-1-2-5(6)4-6;1-2-4(6)3-5(7)8/h5H,1-4,7H2;4,6H,2-3H2,1H3,(H,7,8). The molecule has 4 heteroatoms. The van der Waals surface area contributed by atoms with E-state index in [1.807, 2.05) is 0 Å². The van der Waals surface area contributed by atoms with E-state index in [9.17, 15) is 4.79 Å². The zero-order valence-corrected chi connectivity index (χ0v) is 9.28. The minimum atomic E-state index is -0.945. The second-order valence-corrected chi connectivity index (χ2v) is 4.69. The second-order valence-electron chi connectivity index (χ2n) is 4.69. The van der Waals surface area contributed by atoms with Crippen molar-refractivity contribution in [1.29, 1.82) is 0 Å². The molecule has 2 fully saturated rings. The zero-order valence-electron chi connectivity index (χ0n) is 9.28. The molecule has 0 heterocycles. The van der Waals surface area contributed by atoms with Crippen LogP contribution in [0.15, 0.2) is 0 Å². The molecule has 0 saturated heterocycles. The zero-order chi connectivity index (χ0) is 11.5. The number of aliphatic carboxylic acids is 1. The van der Waals surface area contributed by atoms with Gasteiger partial charge in [0, 0.05) is 5.54 Å². The number of aliphatic hydroxyl groups excluding tert-OH is 1. The van der Waals surface area contributed by atoms with Crippen LogP contribution in [0.25, 0.3) is 0 Å². The molecule has 0 amide bonds. The van der Waals surface area contributed by atoms with Crippen molar-refractivity contribution in [3.05, 3.63) is 0 Å². The summed E-state index contributed by atoms with van der Waals surface area (Å²) in [5.41, 5.74) is 6.21. The SMILES string of the molecule is CCC(O)CC(=O)O.NC12CCCC1C2. The van der Waals surface area contributed by atoms with Crippen molar-refractivity contribution < 1.29 is 15.0 Å². The van der Waals surface area contributed by atoms with Crippen LogP contribution in [-0.4, -0.2) is 27.8 Å². The first-order valence-corrected chi connectivity index (χ1v) is 5.66. The van der Waals surface area contributed by atoms with Crippen LogP contribution in [0.1, 0.15) is 45.4 Å². The highest BCUT2D eigenvalue weighted by molar-refractivity contribution is 5.67. The molecule has 2 aliphatic carbocycles. The van der Waals surface area contributed by atoms with Crippen molar-refractivity contribution in [3.8, 4) is 0 Å². The molecule has 4 N–H and O–H groups in total. The summed E-state index contributed by atoms with van der Waals surface area (Å²) in [6.45, 7) is 1.74. The molecule has 2 rings (SSSR count). The fraction of sp³-hybridized carbons (Fsp3) is 0.909. The number of aliphatic hydroxyl groups is 1. The Bertz CT molecular complexity index is 230. The minimum Gasteiger partial charge on any atom is -0.481 e. The first kappa shape index (κ1) is 12.5. The predicted molar refractivity (Wildman–Crippen MR) is 57.4 cm³/mol. The van der Waals surface area contributed by atoms with E-state index in [1.54, 1.807) is 6.92 Å². The Kier molecular flexibility index (Phi) is 4.11. The van der Waals surface area contributed by atoms with Gasteiger partial charge in [-0.3, -0.25) is 4.79 Å². The lowest BCUT2D eigenvalue weighted by molar-refractivity contribution is -0.139. The van der Waals surface area contributed by atoms with E-state index in [0.717, 1.165) is 5.92 Å². The molecule has 0 aromatic rings. The summed E-state index contributed by atoms with van der Waals surface area (Å²) < 4.78 is 0. The van der Waals surface area contributed by atoms with E-state index in [0.29, 0.717) is 12.0 Å². The van der Waals surface area contributed by atoms with Crippen LogP contribution < -0.4 is 5.73 Å². The van der Waals surface area contributed by atoms with Gasteiger partial charge in [-0.1, -0.05) is 13.3 Å². The lowest BCUT2D eigenvalue weighted by Gasteiger charge is -2.00. The summed E-state index contributed by atoms with van der Waals surface area (Å²) >= 11 is 0. The number of carboxylic acids is 1. The summed E-state index contributed by atoms with van der Waals surface area (Å²) in [6, 6.07) is 0. The molecular weight excluding hydrogens is 194 g/mol. The van der Waals surface area contributed by atoms with Crippen LogP contribution in [0.5, 0.6) is 0 Å². The van der Waals surface area contributed by atoms with Gasteiger partial charge < -0.3 is 15.9 Å². The number of carboxylic acid groups (broad SMARTS) is 1. The number of hydrogen-bond donors (Lipinski definition) is 3. The van der Waals surface area contributed by atoms with Crippen LogP contribution in [0.2, 0.25) is 0 Å². The lowest BCUT2D eigenvalue weighted by Crippen LogP contribution is -2.20. The Morgan fingerprint density at radius 1 is 1.67 bits per heavy atom. The van der Waals surface area contributed by atoms with E-state index < -0.39 is 12.1 Å². The fourth-order valence-corrected chi connectivity index (χ4v) is 2.12. The van der Waals surface area contributed by atoms with Gasteiger partial charge in [0.2, 0.25) is 0 Å². The van der Waals surface area contributed by atoms with Gasteiger partial charge in [0.05, 0.1) is 12.5 Å². The molecule has 15 heavy (non-hydrogen) atoms. The molecule has 3 unspecified atom stereocenters.